The first-order valence-corrected chi connectivity index (χ1v) is 11.0. The van der Waals surface area contributed by atoms with Crippen molar-refractivity contribution in [3.05, 3.63) is 35.3 Å². The molecule has 0 aromatic carbocycles. The first-order chi connectivity index (χ1) is 15.0. The van der Waals surface area contributed by atoms with Crippen molar-refractivity contribution < 1.29 is 4.74 Å². The van der Waals surface area contributed by atoms with Crippen molar-refractivity contribution in [3.63, 3.8) is 0 Å². The summed E-state index contributed by atoms with van der Waals surface area (Å²) in [5.41, 5.74) is 9.84. The van der Waals surface area contributed by atoms with Gasteiger partial charge in [0.25, 0.3) is 0 Å². The molecule has 0 spiro atoms. The minimum atomic E-state index is 0.284. The van der Waals surface area contributed by atoms with Crippen LogP contribution in [0, 0.1) is 6.92 Å². The Hall–Kier alpha value is -2.94. The van der Waals surface area contributed by atoms with E-state index in [4.69, 9.17) is 15.5 Å². The molecule has 3 aromatic rings. The molecular formula is C22H32N8O. The average Bonchev–Trinajstić information content (AvgIpc) is 3.37. The fraction of sp³-hybridized carbons (Fsp3) is 0.545. The second-order valence-corrected chi connectivity index (χ2v) is 8.48. The van der Waals surface area contributed by atoms with E-state index in [1.165, 1.54) is 12.0 Å². The van der Waals surface area contributed by atoms with E-state index < -0.39 is 0 Å². The van der Waals surface area contributed by atoms with Gasteiger partial charge in [-0.05, 0) is 45.0 Å². The minimum Gasteiger partial charge on any atom is -0.462 e. The number of pyridine rings is 1. The lowest BCUT2D eigenvalue weighted by Gasteiger charge is -2.22. The maximum atomic E-state index is 6.08. The molecule has 31 heavy (non-hydrogen) atoms. The van der Waals surface area contributed by atoms with Crippen LogP contribution < -0.4 is 15.4 Å². The second-order valence-electron chi connectivity index (χ2n) is 8.48. The molecule has 166 valence electrons. The van der Waals surface area contributed by atoms with Crippen LogP contribution >= 0.6 is 0 Å². The number of anilines is 2. The highest BCUT2D eigenvalue weighted by Crippen LogP contribution is 2.25. The lowest BCUT2D eigenvalue weighted by Crippen LogP contribution is -2.32. The number of nitrogens with zero attached hydrogens (tertiary/aromatic N) is 7. The Morgan fingerprint density at radius 2 is 2.10 bits per heavy atom. The lowest BCUT2D eigenvalue weighted by molar-refractivity contribution is 0.280. The predicted molar refractivity (Wildman–Crippen MR) is 122 cm³/mol. The number of aryl methyl sites for hydroxylation is 1. The Morgan fingerprint density at radius 3 is 2.81 bits per heavy atom. The third-order valence-corrected chi connectivity index (χ3v) is 5.85. The Balaban J connectivity index is 1.53. The van der Waals surface area contributed by atoms with Gasteiger partial charge in [-0.1, -0.05) is 19.4 Å². The SMILES string of the molecule is CCCCOc1nc(N)c2ncc(Cc3cnc(N4CCC(N(C)C)C4)c(C)c3)n2n1. The van der Waals surface area contributed by atoms with Gasteiger partial charge in [0.1, 0.15) is 5.82 Å². The highest BCUT2D eigenvalue weighted by atomic mass is 16.5. The zero-order chi connectivity index (χ0) is 22.0. The molecule has 1 aliphatic heterocycles. The van der Waals surface area contributed by atoms with Crippen LogP contribution in [0.5, 0.6) is 6.01 Å². The third kappa shape index (κ3) is 4.56. The van der Waals surface area contributed by atoms with Gasteiger partial charge in [0.15, 0.2) is 11.5 Å². The molecule has 9 nitrogen and oxygen atoms in total. The topological polar surface area (TPSA) is 97.7 Å². The molecule has 3 aromatic heterocycles. The van der Waals surface area contributed by atoms with E-state index in [1.54, 1.807) is 10.7 Å². The van der Waals surface area contributed by atoms with Crippen molar-refractivity contribution in [3.8, 4) is 6.01 Å². The molecule has 1 saturated heterocycles. The van der Waals surface area contributed by atoms with Gasteiger partial charge in [0.05, 0.1) is 18.5 Å². The number of hydrogen-bond donors (Lipinski definition) is 1. The number of rotatable bonds is 8. The lowest BCUT2D eigenvalue weighted by atomic mass is 10.1. The summed E-state index contributed by atoms with van der Waals surface area (Å²) in [6.07, 6.45) is 7.56. The summed E-state index contributed by atoms with van der Waals surface area (Å²) < 4.78 is 7.39. The first-order valence-electron chi connectivity index (χ1n) is 11.0. The molecule has 1 unspecified atom stereocenters. The van der Waals surface area contributed by atoms with Gasteiger partial charge in [0.2, 0.25) is 0 Å². The molecule has 1 aliphatic rings. The molecule has 9 heteroatoms. The predicted octanol–water partition coefficient (Wildman–Crippen LogP) is 2.32. The quantitative estimate of drug-likeness (QED) is 0.550. The molecule has 4 rings (SSSR count). The maximum Gasteiger partial charge on any atom is 0.336 e. The maximum absolute atomic E-state index is 6.08. The molecule has 1 atom stereocenters. The van der Waals surface area contributed by atoms with E-state index in [2.05, 4.69) is 58.9 Å². The van der Waals surface area contributed by atoms with Gasteiger partial charge in [-0.2, -0.15) is 4.98 Å². The Morgan fingerprint density at radius 1 is 1.26 bits per heavy atom. The zero-order valence-corrected chi connectivity index (χ0v) is 18.9. The van der Waals surface area contributed by atoms with Crippen LogP contribution in [-0.4, -0.2) is 69.3 Å². The van der Waals surface area contributed by atoms with Crippen molar-refractivity contribution in [1.29, 1.82) is 0 Å². The second kappa shape index (κ2) is 9.05. The van der Waals surface area contributed by atoms with E-state index in [0.717, 1.165) is 43.0 Å². The van der Waals surface area contributed by atoms with E-state index in [1.807, 2.05) is 6.20 Å². The molecule has 0 bridgehead atoms. The number of fused-ring (bicyclic) bond motifs is 1. The fourth-order valence-corrected chi connectivity index (χ4v) is 4.04. The van der Waals surface area contributed by atoms with Crippen LogP contribution in [0.15, 0.2) is 18.5 Å². The smallest absolute Gasteiger partial charge is 0.336 e. The molecule has 0 radical (unpaired) electrons. The average molecular weight is 425 g/mol. The van der Waals surface area contributed by atoms with Crippen molar-refractivity contribution in [2.45, 2.75) is 45.6 Å². The Labute approximate surface area is 183 Å². The standard InChI is InChI=1S/C22H32N8O/c1-5-6-9-31-22-26-19(23)21-25-13-18(30(21)27-22)11-16-10-15(2)20(24-12-16)29-8-7-17(14-29)28(3)4/h10,12-13,17H,5-9,11,14H2,1-4H3,(H2,23,26,27). The summed E-state index contributed by atoms with van der Waals surface area (Å²) in [6.45, 7) is 6.87. The summed E-state index contributed by atoms with van der Waals surface area (Å²) in [6, 6.07) is 3.07. The number of aromatic nitrogens is 5. The van der Waals surface area contributed by atoms with Crippen LogP contribution in [0.1, 0.15) is 43.0 Å². The normalized spacial score (nSPS) is 16.5. The Kier molecular flexibility index (Phi) is 6.22. The highest BCUT2D eigenvalue weighted by Gasteiger charge is 2.25. The van der Waals surface area contributed by atoms with Crippen LogP contribution in [0.25, 0.3) is 5.65 Å². The molecule has 0 amide bonds. The van der Waals surface area contributed by atoms with Crippen LogP contribution in [0.3, 0.4) is 0 Å². The van der Waals surface area contributed by atoms with E-state index in [0.29, 0.717) is 30.5 Å². The first kappa shape index (κ1) is 21.3. The summed E-state index contributed by atoms with van der Waals surface area (Å²) in [5.74, 6) is 1.39. The number of likely N-dealkylation sites (N-methyl/N-ethyl adjacent to an activating group) is 1. The highest BCUT2D eigenvalue weighted by molar-refractivity contribution is 5.60. The zero-order valence-electron chi connectivity index (χ0n) is 18.9. The van der Waals surface area contributed by atoms with Crippen molar-refractivity contribution in [2.75, 3.05) is 44.4 Å². The number of nitrogen functional groups attached to an aromatic ring is 1. The molecule has 2 N–H and O–H groups in total. The van der Waals surface area contributed by atoms with Gasteiger partial charge in [-0.15, -0.1) is 5.10 Å². The summed E-state index contributed by atoms with van der Waals surface area (Å²) >= 11 is 0. The molecule has 1 fully saturated rings. The van der Waals surface area contributed by atoms with Gasteiger partial charge >= 0.3 is 6.01 Å². The molecule has 4 heterocycles. The van der Waals surface area contributed by atoms with E-state index >= 15 is 0 Å². The van der Waals surface area contributed by atoms with Crippen molar-refractivity contribution >= 4 is 17.3 Å². The van der Waals surface area contributed by atoms with Crippen LogP contribution in [0.2, 0.25) is 0 Å². The van der Waals surface area contributed by atoms with Crippen LogP contribution in [0.4, 0.5) is 11.6 Å². The number of nitrogens with two attached hydrogens (primary N) is 1. The fourth-order valence-electron chi connectivity index (χ4n) is 4.04. The number of hydrogen-bond acceptors (Lipinski definition) is 8. The number of ether oxygens (including phenoxy) is 1. The van der Waals surface area contributed by atoms with E-state index in [-0.39, 0.29) is 6.01 Å². The van der Waals surface area contributed by atoms with Gasteiger partial charge in [-0.25, -0.2) is 14.5 Å². The number of imidazole rings is 1. The van der Waals surface area contributed by atoms with Gasteiger partial charge in [0, 0.05) is 31.7 Å². The summed E-state index contributed by atoms with van der Waals surface area (Å²) in [4.78, 5) is 18.1. The molecule has 0 aliphatic carbocycles. The largest absolute Gasteiger partial charge is 0.462 e. The summed E-state index contributed by atoms with van der Waals surface area (Å²) in [7, 11) is 4.29. The monoisotopic (exact) mass is 424 g/mol. The van der Waals surface area contributed by atoms with Crippen molar-refractivity contribution in [1.82, 2.24) is 29.5 Å². The third-order valence-electron chi connectivity index (χ3n) is 5.85. The minimum absolute atomic E-state index is 0.284. The van der Waals surface area contributed by atoms with Crippen LogP contribution in [-0.2, 0) is 6.42 Å². The van der Waals surface area contributed by atoms with E-state index in [9.17, 15) is 0 Å². The van der Waals surface area contributed by atoms with Gasteiger partial charge in [-0.3, -0.25) is 0 Å². The molecular weight excluding hydrogens is 392 g/mol. The number of unbranched alkanes of at least 4 members (excludes halogenated alkanes) is 1. The Bertz CT molecular complexity index is 1050. The van der Waals surface area contributed by atoms with Gasteiger partial charge < -0.3 is 20.3 Å². The van der Waals surface area contributed by atoms with Crippen molar-refractivity contribution in [2.24, 2.45) is 0 Å². The molecule has 0 saturated carbocycles. The summed E-state index contributed by atoms with van der Waals surface area (Å²) in [5, 5.41) is 4.50.